The minimum Gasteiger partial charge on any atom is -0.387 e. The summed E-state index contributed by atoms with van der Waals surface area (Å²) in [5.74, 6) is 1.44. The second-order valence-corrected chi connectivity index (χ2v) is 6.10. The van der Waals surface area contributed by atoms with Gasteiger partial charge < -0.3 is 5.32 Å². The Morgan fingerprint density at radius 2 is 1.84 bits per heavy atom. The Labute approximate surface area is 114 Å². The van der Waals surface area contributed by atoms with Gasteiger partial charge in [0, 0.05) is 35.3 Å². The van der Waals surface area contributed by atoms with Crippen molar-refractivity contribution < 1.29 is 0 Å². The van der Waals surface area contributed by atoms with Crippen LogP contribution in [0, 0.1) is 6.92 Å². The lowest BCUT2D eigenvalue weighted by molar-refractivity contribution is 0.353. The lowest BCUT2D eigenvalue weighted by atomic mass is 9.68. The molecule has 2 nitrogen and oxygen atoms in total. The van der Waals surface area contributed by atoms with E-state index >= 15 is 0 Å². The van der Waals surface area contributed by atoms with Gasteiger partial charge >= 0.3 is 0 Å². The van der Waals surface area contributed by atoms with Crippen molar-refractivity contribution in [2.24, 2.45) is 0 Å². The molecule has 1 aromatic heterocycles. The average molecular weight is 252 g/mol. The molecule has 2 aromatic rings. The Hall–Kier alpha value is -1.57. The zero-order valence-electron chi connectivity index (χ0n) is 11.7. The predicted molar refractivity (Wildman–Crippen MR) is 80.0 cm³/mol. The molecule has 0 aliphatic heterocycles. The van der Waals surface area contributed by atoms with E-state index in [1.165, 1.54) is 53.6 Å². The largest absolute Gasteiger partial charge is 0.387 e. The van der Waals surface area contributed by atoms with Crippen molar-refractivity contribution in [3.63, 3.8) is 0 Å². The summed E-state index contributed by atoms with van der Waals surface area (Å²) < 4.78 is 0. The standard InChI is InChI=1S/C17H20N2/c1-10-3-8-14-13(9-10)17(18-2)15-11-4-6-12(7-5-11)16(15)19-14/h3,8-9,11-12H,4-7H2,1-2H3,(H,18,19). The Balaban J connectivity index is 2.09. The Morgan fingerprint density at radius 3 is 2.58 bits per heavy atom. The van der Waals surface area contributed by atoms with Gasteiger partial charge in [-0.15, -0.1) is 0 Å². The minimum absolute atomic E-state index is 0.706. The number of aryl methyl sites for hydroxylation is 1. The third kappa shape index (κ3) is 1.52. The number of aromatic nitrogens is 1. The van der Waals surface area contributed by atoms with E-state index in [0.29, 0.717) is 5.92 Å². The summed E-state index contributed by atoms with van der Waals surface area (Å²) in [5, 5.41) is 4.77. The maximum atomic E-state index is 5.01. The van der Waals surface area contributed by atoms with E-state index in [0.717, 1.165) is 11.4 Å². The van der Waals surface area contributed by atoms with Gasteiger partial charge in [0.2, 0.25) is 0 Å². The molecule has 3 aliphatic carbocycles. The first-order valence-corrected chi connectivity index (χ1v) is 7.40. The zero-order valence-corrected chi connectivity index (χ0v) is 11.7. The van der Waals surface area contributed by atoms with Crippen molar-refractivity contribution >= 4 is 16.6 Å². The molecule has 0 atom stereocenters. The summed E-state index contributed by atoms with van der Waals surface area (Å²) >= 11 is 0. The molecule has 1 saturated carbocycles. The lowest BCUT2D eigenvalue weighted by Gasteiger charge is -2.39. The van der Waals surface area contributed by atoms with E-state index in [-0.39, 0.29) is 0 Å². The van der Waals surface area contributed by atoms with Gasteiger partial charge in [-0.25, -0.2) is 0 Å². The highest BCUT2D eigenvalue weighted by molar-refractivity contribution is 5.94. The van der Waals surface area contributed by atoms with Crippen LogP contribution in [0.1, 0.15) is 54.3 Å². The highest BCUT2D eigenvalue weighted by Gasteiger charge is 2.36. The number of benzene rings is 1. The molecule has 1 fully saturated rings. The molecule has 1 aromatic carbocycles. The van der Waals surface area contributed by atoms with Crippen molar-refractivity contribution in [2.45, 2.75) is 44.4 Å². The first kappa shape index (κ1) is 11.3. The van der Waals surface area contributed by atoms with Crippen LogP contribution < -0.4 is 5.32 Å². The van der Waals surface area contributed by atoms with Crippen LogP contribution in [0.25, 0.3) is 10.9 Å². The number of fused-ring (bicyclic) bond motifs is 3. The smallest absolute Gasteiger partial charge is 0.0726 e. The number of pyridine rings is 1. The van der Waals surface area contributed by atoms with E-state index in [2.05, 4.69) is 37.5 Å². The van der Waals surface area contributed by atoms with E-state index in [1.54, 1.807) is 0 Å². The molecular weight excluding hydrogens is 232 g/mol. The van der Waals surface area contributed by atoms with E-state index in [1.807, 2.05) is 0 Å². The highest BCUT2D eigenvalue weighted by atomic mass is 14.9. The fourth-order valence-corrected chi connectivity index (χ4v) is 4.06. The number of nitrogens with one attached hydrogen (secondary N) is 1. The monoisotopic (exact) mass is 252 g/mol. The molecule has 98 valence electrons. The summed E-state index contributed by atoms with van der Waals surface area (Å²) in [5.41, 5.74) is 6.73. The molecule has 2 heteroatoms. The third-order valence-corrected chi connectivity index (χ3v) is 4.98. The van der Waals surface area contributed by atoms with Crippen molar-refractivity contribution in [3.05, 3.63) is 35.0 Å². The lowest BCUT2D eigenvalue weighted by Crippen LogP contribution is -2.24. The molecule has 0 saturated heterocycles. The first-order chi connectivity index (χ1) is 9.28. The molecule has 0 unspecified atom stereocenters. The minimum atomic E-state index is 0.706. The number of hydrogen-bond acceptors (Lipinski definition) is 2. The van der Waals surface area contributed by atoms with E-state index < -0.39 is 0 Å². The molecular formula is C17H20N2. The normalized spacial score (nSPS) is 24.5. The quantitative estimate of drug-likeness (QED) is 0.816. The zero-order chi connectivity index (χ0) is 13.0. The number of rotatable bonds is 1. The predicted octanol–water partition coefficient (Wildman–Crippen LogP) is 4.34. The average Bonchev–Trinajstić information content (AvgIpc) is 2.46. The van der Waals surface area contributed by atoms with Crippen LogP contribution in [0.4, 0.5) is 5.69 Å². The van der Waals surface area contributed by atoms with Gasteiger partial charge in [0.1, 0.15) is 0 Å². The van der Waals surface area contributed by atoms with E-state index in [9.17, 15) is 0 Å². The van der Waals surface area contributed by atoms with E-state index in [4.69, 9.17) is 4.98 Å². The van der Waals surface area contributed by atoms with Crippen LogP contribution in [0.3, 0.4) is 0 Å². The Morgan fingerprint density at radius 1 is 1.11 bits per heavy atom. The maximum Gasteiger partial charge on any atom is 0.0726 e. The summed E-state index contributed by atoms with van der Waals surface area (Å²) in [6, 6.07) is 6.62. The summed E-state index contributed by atoms with van der Waals surface area (Å²) in [4.78, 5) is 5.01. The van der Waals surface area contributed by atoms with Gasteiger partial charge in [0.25, 0.3) is 0 Å². The third-order valence-electron chi connectivity index (χ3n) is 4.98. The molecule has 1 heterocycles. The van der Waals surface area contributed by atoms with Crippen LogP contribution in [-0.4, -0.2) is 12.0 Å². The maximum absolute atomic E-state index is 5.01. The van der Waals surface area contributed by atoms with Crippen LogP contribution in [0.2, 0.25) is 0 Å². The number of hydrogen-bond donors (Lipinski definition) is 1. The Bertz CT molecular complexity index is 652. The van der Waals surface area contributed by atoms with Gasteiger partial charge in [0.05, 0.1) is 5.52 Å². The molecule has 5 rings (SSSR count). The van der Waals surface area contributed by atoms with Crippen LogP contribution in [0.5, 0.6) is 0 Å². The second-order valence-electron chi connectivity index (χ2n) is 6.10. The van der Waals surface area contributed by atoms with Crippen LogP contribution >= 0.6 is 0 Å². The molecule has 0 spiro atoms. The Kier molecular flexibility index (Phi) is 2.35. The van der Waals surface area contributed by atoms with Gasteiger partial charge in [-0.3, -0.25) is 4.98 Å². The van der Waals surface area contributed by atoms with Crippen LogP contribution in [0.15, 0.2) is 18.2 Å². The van der Waals surface area contributed by atoms with Crippen molar-refractivity contribution in [1.82, 2.24) is 4.98 Å². The van der Waals surface area contributed by atoms with Gasteiger partial charge in [-0.2, -0.15) is 0 Å². The van der Waals surface area contributed by atoms with Crippen molar-refractivity contribution in [3.8, 4) is 0 Å². The molecule has 19 heavy (non-hydrogen) atoms. The number of nitrogens with zero attached hydrogens (tertiary/aromatic N) is 1. The topological polar surface area (TPSA) is 24.9 Å². The van der Waals surface area contributed by atoms with Gasteiger partial charge in [0.15, 0.2) is 0 Å². The SMILES string of the molecule is CNc1c2c(nc3ccc(C)cc13)C1CCC2CC1. The van der Waals surface area contributed by atoms with Gasteiger partial charge in [-0.1, -0.05) is 11.6 Å². The second kappa shape index (κ2) is 3.96. The molecule has 0 radical (unpaired) electrons. The van der Waals surface area contributed by atoms with Crippen molar-refractivity contribution in [1.29, 1.82) is 0 Å². The highest BCUT2D eigenvalue weighted by Crippen LogP contribution is 2.52. The summed E-state index contributed by atoms with van der Waals surface area (Å²) in [7, 11) is 2.06. The summed E-state index contributed by atoms with van der Waals surface area (Å²) in [6.07, 6.45) is 5.38. The number of anilines is 1. The molecule has 0 amide bonds. The van der Waals surface area contributed by atoms with Crippen LogP contribution in [-0.2, 0) is 0 Å². The first-order valence-electron chi connectivity index (χ1n) is 7.40. The van der Waals surface area contributed by atoms with Crippen molar-refractivity contribution in [2.75, 3.05) is 12.4 Å². The summed E-state index contributed by atoms with van der Waals surface area (Å²) in [6.45, 7) is 2.16. The molecule has 1 N–H and O–H groups in total. The fourth-order valence-electron chi connectivity index (χ4n) is 4.06. The molecule has 2 bridgehead atoms. The molecule has 3 aliphatic rings. The fraction of sp³-hybridized carbons (Fsp3) is 0.471. The van der Waals surface area contributed by atoms with Gasteiger partial charge in [-0.05, 0) is 50.7 Å².